The van der Waals surface area contributed by atoms with Gasteiger partial charge in [0.05, 0.1) is 24.7 Å². The molecule has 13 heteroatoms. The Labute approximate surface area is 389 Å². The van der Waals surface area contributed by atoms with Crippen molar-refractivity contribution in [1.29, 1.82) is 0 Å². The van der Waals surface area contributed by atoms with Gasteiger partial charge >= 0.3 is 6.03 Å². The van der Waals surface area contributed by atoms with Crippen molar-refractivity contribution >= 4 is 23.1 Å². The van der Waals surface area contributed by atoms with Crippen molar-refractivity contribution in [2.45, 2.75) is 128 Å². The van der Waals surface area contributed by atoms with Crippen molar-refractivity contribution in [3.05, 3.63) is 132 Å². The van der Waals surface area contributed by atoms with Crippen LogP contribution in [0.5, 0.6) is 5.75 Å². The molecular weight excluding hydrogens is 837 g/mol. The molecule has 0 spiro atoms. The second-order valence-electron chi connectivity index (χ2n) is 18.5. The molecular formula is C53H67F2N7O4. The number of anilines is 3. The van der Waals surface area contributed by atoms with E-state index in [0.717, 1.165) is 75.0 Å². The Hall–Kier alpha value is -5.53. The maximum Gasteiger partial charge on any atom is 0.325 e. The van der Waals surface area contributed by atoms with E-state index in [1.165, 1.54) is 68.9 Å². The Morgan fingerprint density at radius 1 is 0.773 bits per heavy atom. The zero-order valence-electron chi connectivity index (χ0n) is 39.2. The van der Waals surface area contributed by atoms with Gasteiger partial charge in [-0.25, -0.2) is 23.2 Å². The maximum absolute atomic E-state index is 15.1. The number of carbonyl (C=O) groups excluding carboxylic acids is 1. The van der Waals surface area contributed by atoms with Gasteiger partial charge in [-0.3, -0.25) is 4.90 Å². The monoisotopic (exact) mass is 904 g/mol. The van der Waals surface area contributed by atoms with Crippen LogP contribution in [-0.2, 0) is 21.6 Å². The first-order chi connectivity index (χ1) is 32.1. The molecule has 3 aliphatic heterocycles. The summed E-state index contributed by atoms with van der Waals surface area (Å²) in [5.74, 6) is -0.735. The SMILES string of the molecule is CCCCCCC1(CCCCCC)[C@H](c2ccccc2)N(C(C)C)C(=O)N1c1ccc(N2CCN(c3ccc(OC[C@H]4OC[C@](Cn5cncn5)(c5ccc(F)cc5F)O4)cc3)CC2)cc1. The molecule has 4 aromatic carbocycles. The fraction of sp³-hybridized carbons (Fsp3) is 0.491. The largest absolute Gasteiger partial charge is 0.488 e. The lowest BCUT2D eigenvalue weighted by Crippen LogP contribution is -2.49. The second-order valence-corrected chi connectivity index (χ2v) is 18.5. The highest BCUT2D eigenvalue weighted by Gasteiger charge is 2.58. The summed E-state index contributed by atoms with van der Waals surface area (Å²) in [6, 6.07) is 31.2. The molecule has 2 amide bonds. The number of nitrogens with zero attached hydrogens (tertiary/aromatic N) is 7. The molecule has 0 bridgehead atoms. The first-order valence-corrected chi connectivity index (χ1v) is 24.2. The summed E-state index contributed by atoms with van der Waals surface area (Å²) in [6.45, 7) is 12.5. The smallest absolute Gasteiger partial charge is 0.325 e. The summed E-state index contributed by atoms with van der Waals surface area (Å²) >= 11 is 0. The number of unbranched alkanes of at least 4 members (excludes halogenated alkanes) is 6. The van der Waals surface area contributed by atoms with E-state index in [-0.39, 0.29) is 49.0 Å². The van der Waals surface area contributed by atoms with E-state index in [1.54, 1.807) is 4.68 Å². The van der Waals surface area contributed by atoms with Crippen LogP contribution in [0.1, 0.15) is 109 Å². The van der Waals surface area contributed by atoms with Gasteiger partial charge < -0.3 is 28.9 Å². The fourth-order valence-electron chi connectivity index (χ4n) is 10.5. The van der Waals surface area contributed by atoms with Crippen molar-refractivity contribution in [3.63, 3.8) is 0 Å². The quantitative estimate of drug-likeness (QED) is 0.0673. The van der Waals surface area contributed by atoms with Crippen LogP contribution in [0.15, 0.2) is 110 Å². The van der Waals surface area contributed by atoms with Crippen LogP contribution in [0, 0.1) is 11.6 Å². The summed E-state index contributed by atoms with van der Waals surface area (Å²) in [6.07, 6.45) is 13.4. The Morgan fingerprint density at radius 2 is 1.39 bits per heavy atom. The molecule has 0 radical (unpaired) electrons. The van der Waals surface area contributed by atoms with Gasteiger partial charge in [-0.15, -0.1) is 0 Å². The van der Waals surface area contributed by atoms with Crippen LogP contribution in [0.25, 0.3) is 0 Å². The molecule has 3 aliphatic rings. The van der Waals surface area contributed by atoms with E-state index in [2.05, 4.69) is 124 Å². The van der Waals surface area contributed by atoms with E-state index in [1.807, 2.05) is 12.1 Å². The molecule has 3 fully saturated rings. The first kappa shape index (κ1) is 47.0. The molecule has 8 rings (SSSR count). The third kappa shape index (κ3) is 10.2. The summed E-state index contributed by atoms with van der Waals surface area (Å²) in [4.78, 5) is 28.1. The minimum absolute atomic E-state index is 0.0297. The van der Waals surface area contributed by atoms with Gasteiger partial charge in [0.25, 0.3) is 0 Å². The van der Waals surface area contributed by atoms with Gasteiger partial charge in [0.1, 0.15) is 42.2 Å². The highest BCUT2D eigenvalue weighted by Crippen LogP contribution is 2.52. The first-order valence-electron chi connectivity index (χ1n) is 24.2. The zero-order chi connectivity index (χ0) is 46.1. The van der Waals surface area contributed by atoms with E-state index in [0.29, 0.717) is 5.75 Å². The molecule has 11 nitrogen and oxygen atoms in total. The summed E-state index contributed by atoms with van der Waals surface area (Å²) < 4.78 is 48.8. The Kier molecular flexibility index (Phi) is 15.2. The number of benzene rings is 4. The average Bonchev–Trinajstić information content (AvgIpc) is 4.06. The van der Waals surface area contributed by atoms with Crippen LogP contribution in [0.2, 0.25) is 0 Å². The number of piperazine rings is 1. The predicted octanol–water partition coefficient (Wildman–Crippen LogP) is 11.3. The molecule has 1 aromatic heterocycles. The van der Waals surface area contributed by atoms with Gasteiger partial charge in [-0.2, -0.15) is 5.10 Å². The molecule has 66 heavy (non-hydrogen) atoms. The van der Waals surface area contributed by atoms with E-state index >= 15 is 4.39 Å². The van der Waals surface area contributed by atoms with Crippen LogP contribution in [0.4, 0.5) is 30.6 Å². The zero-order valence-corrected chi connectivity index (χ0v) is 39.2. The number of aromatic nitrogens is 3. The van der Waals surface area contributed by atoms with Crippen LogP contribution in [-0.4, -0.2) is 83.0 Å². The lowest BCUT2D eigenvalue weighted by molar-refractivity contribution is -0.117. The predicted molar refractivity (Wildman–Crippen MR) is 256 cm³/mol. The minimum Gasteiger partial charge on any atom is -0.488 e. The van der Waals surface area contributed by atoms with Crippen molar-refractivity contribution < 1.29 is 27.8 Å². The van der Waals surface area contributed by atoms with Crippen LogP contribution < -0.4 is 19.4 Å². The number of halogens is 2. The fourth-order valence-corrected chi connectivity index (χ4v) is 10.5. The molecule has 5 aromatic rings. The van der Waals surface area contributed by atoms with E-state index in [4.69, 9.17) is 14.2 Å². The van der Waals surface area contributed by atoms with Gasteiger partial charge in [0.15, 0.2) is 6.29 Å². The third-order valence-corrected chi connectivity index (χ3v) is 13.7. The maximum atomic E-state index is 15.1. The molecule has 352 valence electrons. The number of hydrogen-bond acceptors (Lipinski definition) is 8. The van der Waals surface area contributed by atoms with Crippen LogP contribution >= 0.6 is 0 Å². The normalized spacial score (nSPS) is 20.8. The highest BCUT2D eigenvalue weighted by molar-refractivity contribution is 5.97. The number of carbonyl (C=O) groups is 1. The molecule has 0 aliphatic carbocycles. The summed E-state index contributed by atoms with van der Waals surface area (Å²) in [5, 5.41) is 4.17. The van der Waals surface area contributed by atoms with E-state index < -0.39 is 23.5 Å². The summed E-state index contributed by atoms with van der Waals surface area (Å²) in [7, 11) is 0. The highest BCUT2D eigenvalue weighted by atomic mass is 19.1. The third-order valence-electron chi connectivity index (χ3n) is 13.7. The Balaban J connectivity index is 0.914. The number of hydrogen-bond donors (Lipinski definition) is 0. The van der Waals surface area contributed by atoms with Crippen molar-refractivity contribution in [3.8, 4) is 5.75 Å². The minimum atomic E-state index is -1.24. The van der Waals surface area contributed by atoms with Gasteiger partial charge in [0, 0.05) is 60.9 Å². The number of urea groups is 1. The standard InChI is InChI=1S/C53H67F2N7O4/c1-5-7-9-14-28-52(29-15-10-8-6-2)50(41-16-12-11-13-17-41)61(40(3)4)51(63)62(52)45-21-19-43(20-22-45)58-30-32-59(33-31-58)44-23-25-46(26-24-44)64-35-49-65-37-53(66-49,36-60-39-56-38-57-60)47-27-18-42(54)34-48(47)55/h11-13,16-27,34,38-40,49-50H,5-10,14-15,28-33,35-37H2,1-4H3/t49-,50-,53+/m0/s1. The topological polar surface area (TPSA) is 88.4 Å². The second kappa shape index (κ2) is 21.4. The van der Waals surface area contributed by atoms with Gasteiger partial charge in [-0.05, 0) is 86.8 Å². The van der Waals surface area contributed by atoms with Gasteiger partial charge in [-0.1, -0.05) is 102 Å². The molecule has 3 saturated heterocycles. The van der Waals surface area contributed by atoms with Crippen molar-refractivity contribution in [2.24, 2.45) is 0 Å². The summed E-state index contributed by atoms with van der Waals surface area (Å²) in [5.41, 5.74) is 3.06. The number of ether oxygens (including phenoxy) is 3. The lowest BCUT2D eigenvalue weighted by atomic mass is 9.76. The molecule has 0 unspecified atom stereocenters. The Morgan fingerprint density at radius 3 is 1.97 bits per heavy atom. The Bertz CT molecular complexity index is 2280. The molecule has 0 saturated carbocycles. The van der Waals surface area contributed by atoms with Crippen LogP contribution in [0.3, 0.4) is 0 Å². The lowest BCUT2D eigenvalue weighted by Gasteiger charge is -2.43. The van der Waals surface area contributed by atoms with Crippen molar-refractivity contribution in [1.82, 2.24) is 19.7 Å². The molecule has 3 atom stereocenters. The molecule has 4 heterocycles. The van der Waals surface area contributed by atoms with E-state index in [9.17, 15) is 9.18 Å². The number of amides is 2. The molecule has 0 N–H and O–H groups in total. The van der Waals surface area contributed by atoms with Crippen molar-refractivity contribution in [2.75, 3.05) is 54.1 Å². The average molecular weight is 904 g/mol. The number of rotatable bonds is 21. The van der Waals surface area contributed by atoms with Gasteiger partial charge in [0.2, 0.25) is 0 Å².